The fourth-order valence-corrected chi connectivity index (χ4v) is 5.48. The third-order valence-corrected chi connectivity index (χ3v) is 7.46. The maximum absolute atomic E-state index is 13.9. The first-order valence-corrected chi connectivity index (χ1v) is 13.5. The van der Waals surface area contributed by atoms with E-state index in [1.165, 1.54) is 6.07 Å². The Labute approximate surface area is 239 Å². The Hall–Kier alpha value is -4.18. The Morgan fingerprint density at radius 1 is 1.02 bits per heavy atom. The first kappa shape index (κ1) is 29.8. The Morgan fingerprint density at radius 3 is 2.39 bits per heavy atom. The first-order valence-electron chi connectivity index (χ1n) is 13.5. The van der Waals surface area contributed by atoms with Crippen molar-refractivity contribution in [1.29, 1.82) is 0 Å². The molecule has 0 saturated carbocycles. The molecule has 2 aromatic rings. The molecule has 41 heavy (non-hydrogen) atoms. The molecule has 2 aliphatic rings. The fourth-order valence-electron chi connectivity index (χ4n) is 5.48. The van der Waals surface area contributed by atoms with E-state index >= 15 is 0 Å². The number of dihydropyridines is 1. The van der Waals surface area contributed by atoms with Crippen molar-refractivity contribution >= 4 is 17.4 Å². The molecule has 218 valence electrons. The molecule has 2 atom stereocenters. The van der Waals surface area contributed by atoms with Gasteiger partial charge >= 0.3 is 5.97 Å². The van der Waals surface area contributed by atoms with Crippen LogP contribution in [0.2, 0.25) is 0 Å². The van der Waals surface area contributed by atoms with Crippen molar-refractivity contribution < 1.29 is 33.5 Å². The number of hydrogen-bond donors (Lipinski definition) is 1. The zero-order valence-electron chi connectivity index (χ0n) is 24.2. The zero-order valence-corrected chi connectivity index (χ0v) is 24.2. The molecular formula is C31H36N2O8. The molecule has 0 spiro atoms. The summed E-state index contributed by atoms with van der Waals surface area (Å²) in [6, 6.07) is 10.4. The summed E-state index contributed by atoms with van der Waals surface area (Å²) >= 11 is 0. The highest BCUT2D eigenvalue weighted by Crippen LogP contribution is 2.47. The lowest BCUT2D eigenvalue weighted by atomic mass is 9.71. The number of ketones is 1. The van der Waals surface area contributed by atoms with E-state index in [2.05, 4.69) is 5.32 Å². The normalized spacial score (nSPS) is 18.7. The van der Waals surface area contributed by atoms with Crippen LogP contribution >= 0.6 is 0 Å². The molecule has 0 saturated heterocycles. The molecule has 2 unspecified atom stereocenters. The van der Waals surface area contributed by atoms with Crippen LogP contribution in [0.25, 0.3) is 0 Å². The Morgan fingerprint density at radius 2 is 1.73 bits per heavy atom. The summed E-state index contributed by atoms with van der Waals surface area (Å²) < 4.78 is 21.9. The van der Waals surface area contributed by atoms with Gasteiger partial charge in [-0.3, -0.25) is 14.9 Å². The highest BCUT2D eigenvalue weighted by atomic mass is 16.6. The van der Waals surface area contributed by atoms with E-state index in [0.29, 0.717) is 46.0 Å². The van der Waals surface area contributed by atoms with Crippen molar-refractivity contribution in [3.63, 3.8) is 0 Å². The second-order valence-electron chi connectivity index (χ2n) is 10.5. The molecule has 4 rings (SSSR count). The van der Waals surface area contributed by atoms with Crippen LogP contribution in [0, 0.1) is 17.0 Å². The van der Waals surface area contributed by atoms with Crippen LogP contribution in [0.1, 0.15) is 62.1 Å². The zero-order chi connectivity index (χ0) is 29.8. The molecule has 1 aliphatic carbocycles. The molecule has 1 N–H and O–H groups in total. The lowest BCUT2D eigenvalue weighted by Crippen LogP contribution is -2.36. The van der Waals surface area contributed by atoms with E-state index in [9.17, 15) is 19.7 Å². The predicted octanol–water partition coefficient (Wildman–Crippen LogP) is 5.25. The summed E-state index contributed by atoms with van der Waals surface area (Å²) in [4.78, 5) is 38.7. The van der Waals surface area contributed by atoms with E-state index in [0.717, 1.165) is 5.56 Å². The monoisotopic (exact) mass is 564 g/mol. The fraction of sp³-hybridized carbons (Fsp3) is 0.419. The topological polar surface area (TPSA) is 126 Å². The number of benzene rings is 2. The van der Waals surface area contributed by atoms with Gasteiger partial charge in [0.2, 0.25) is 0 Å². The van der Waals surface area contributed by atoms with E-state index in [-0.39, 0.29) is 48.7 Å². The van der Waals surface area contributed by atoms with Gasteiger partial charge in [0, 0.05) is 40.9 Å². The molecule has 0 fully saturated rings. The minimum absolute atomic E-state index is 0.0157. The van der Waals surface area contributed by atoms with Gasteiger partial charge in [0.1, 0.15) is 6.61 Å². The van der Waals surface area contributed by atoms with E-state index in [1.54, 1.807) is 40.2 Å². The van der Waals surface area contributed by atoms with Crippen molar-refractivity contribution in [2.75, 3.05) is 27.4 Å². The molecular weight excluding hydrogens is 528 g/mol. The summed E-state index contributed by atoms with van der Waals surface area (Å²) in [5.74, 6) is -0.541. The van der Waals surface area contributed by atoms with Gasteiger partial charge in [-0.05, 0) is 63.3 Å². The second-order valence-corrected chi connectivity index (χ2v) is 10.5. The number of carbonyl (C=O) groups excluding carboxylic acids is 2. The van der Waals surface area contributed by atoms with Crippen molar-refractivity contribution in [2.45, 2.75) is 58.5 Å². The first-order chi connectivity index (χ1) is 19.5. The summed E-state index contributed by atoms with van der Waals surface area (Å²) in [7, 11) is 3.13. The van der Waals surface area contributed by atoms with Gasteiger partial charge in [0.15, 0.2) is 17.3 Å². The van der Waals surface area contributed by atoms with Gasteiger partial charge in [0.05, 0.1) is 37.4 Å². The van der Waals surface area contributed by atoms with Gasteiger partial charge < -0.3 is 24.3 Å². The summed E-state index contributed by atoms with van der Waals surface area (Å²) in [6.45, 7) is 7.44. The van der Waals surface area contributed by atoms with Crippen molar-refractivity contribution in [3.8, 4) is 11.5 Å². The van der Waals surface area contributed by atoms with Gasteiger partial charge in [0.25, 0.3) is 5.69 Å². The lowest BCUT2D eigenvalue weighted by molar-refractivity contribution is -0.385. The quantitative estimate of drug-likeness (QED) is 0.178. The third-order valence-electron chi connectivity index (χ3n) is 7.46. The SMILES string of the molecule is COc1ccc(C2CC(=O)C3=C(C2)NC(C)=C(C(=O)OCCOC(C)C)C3c2ccc(C)c([N+](=O)[O-])c2)cc1OC. The number of aryl methyl sites for hydroxylation is 1. The minimum atomic E-state index is -0.817. The number of nitro groups is 1. The van der Waals surface area contributed by atoms with Crippen molar-refractivity contribution in [2.24, 2.45) is 0 Å². The van der Waals surface area contributed by atoms with Crippen molar-refractivity contribution in [3.05, 3.63) is 85.7 Å². The number of methoxy groups -OCH3 is 2. The molecule has 1 heterocycles. The maximum Gasteiger partial charge on any atom is 0.336 e. The standard InChI is InChI=1S/C31H36N2O8/c1-17(2)40-11-12-41-31(35)28-19(4)32-23-13-22(20-9-10-26(38-5)27(16-20)39-6)15-25(34)30(23)29(28)21-8-7-18(3)24(14-21)33(36)37/h7-10,14,16-17,22,29,32H,11-13,15H2,1-6H3. The Balaban J connectivity index is 1.75. The van der Waals surface area contributed by atoms with Crippen LogP contribution in [0.5, 0.6) is 11.5 Å². The lowest BCUT2D eigenvalue weighted by Gasteiger charge is -2.36. The van der Waals surface area contributed by atoms with Crippen LogP contribution in [0.4, 0.5) is 5.69 Å². The van der Waals surface area contributed by atoms with Gasteiger partial charge in [-0.2, -0.15) is 0 Å². The molecule has 2 aromatic carbocycles. The number of nitrogens with zero attached hydrogens (tertiary/aromatic N) is 1. The van der Waals surface area contributed by atoms with Gasteiger partial charge in [-0.1, -0.05) is 18.2 Å². The number of rotatable bonds is 10. The molecule has 10 nitrogen and oxygen atoms in total. The number of carbonyl (C=O) groups is 2. The highest BCUT2D eigenvalue weighted by Gasteiger charge is 2.42. The molecule has 0 bridgehead atoms. The molecule has 1 aliphatic heterocycles. The van der Waals surface area contributed by atoms with E-state index < -0.39 is 16.8 Å². The number of esters is 1. The van der Waals surface area contributed by atoms with Gasteiger partial charge in [-0.25, -0.2) is 4.79 Å². The number of hydrogen-bond acceptors (Lipinski definition) is 9. The average molecular weight is 565 g/mol. The largest absolute Gasteiger partial charge is 0.493 e. The van der Waals surface area contributed by atoms with Gasteiger partial charge in [-0.15, -0.1) is 0 Å². The van der Waals surface area contributed by atoms with Crippen LogP contribution in [-0.4, -0.2) is 50.2 Å². The number of allylic oxidation sites excluding steroid dienone is 3. The summed E-state index contributed by atoms with van der Waals surface area (Å²) in [5.41, 5.74) is 3.72. The molecule has 0 aromatic heterocycles. The van der Waals surface area contributed by atoms with Crippen LogP contribution in [0.3, 0.4) is 0 Å². The summed E-state index contributed by atoms with van der Waals surface area (Å²) in [5, 5.41) is 15.1. The van der Waals surface area contributed by atoms with Crippen LogP contribution < -0.4 is 14.8 Å². The Kier molecular flexibility index (Phi) is 9.12. The third kappa shape index (κ3) is 6.27. The number of ether oxygens (including phenoxy) is 4. The van der Waals surface area contributed by atoms with E-state index in [1.807, 2.05) is 32.0 Å². The van der Waals surface area contributed by atoms with Crippen molar-refractivity contribution in [1.82, 2.24) is 5.32 Å². The Bertz CT molecular complexity index is 1430. The number of nitro benzene ring substituents is 1. The maximum atomic E-state index is 13.9. The predicted molar refractivity (Wildman–Crippen MR) is 152 cm³/mol. The smallest absolute Gasteiger partial charge is 0.336 e. The second kappa shape index (κ2) is 12.6. The van der Waals surface area contributed by atoms with E-state index in [4.69, 9.17) is 18.9 Å². The van der Waals surface area contributed by atoms with Crippen LogP contribution in [-0.2, 0) is 19.1 Å². The summed E-state index contributed by atoms with van der Waals surface area (Å²) in [6.07, 6.45) is 0.686. The average Bonchev–Trinajstić information content (AvgIpc) is 2.94. The molecule has 10 heteroatoms. The molecule has 0 amide bonds. The van der Waals surface area contributed by atoms with Crippen LogP contribution in [0.15, 0.2) is 58.9 Å². The number of nitrogens with one attached hydrogen (secondary N) is 1. The highest BCUT2D eigenvalue weighted by molar-refractivity contribution is 6.04. The molecule has 0 radical (unpaired) electrons. The minimum Gasteiger partial charge on any atom is -0.493 e. The number of Topliss-reactive ketones (excluding diaryl/α,β-unsaturated/α-hetero) is 1.